The lowest BCUT2D eigenvalue weighted by molar-refractivity contribution is -0.132. The summed E-state index contributed by atoms with van der Waals surface area (Å²) in [4.78, 5) is 42.5. The zero-order valence-corrected chi connectivity index (χ0v) is 18.2. The van der Waals surface area contributed by atoms with Crippen LogP contribution >= 0.6 is 0 Å². The topological polar surface area (TPSA) is 120 Å². The van der Waals surface area contributed by atoms with Gasteiger partial charge in [-0.3, -0.25) is 18.7 Å². The van der Waals surface area contributed by atoms with Crippen molar-refractivity contribution in [3.63, 3.8) is 0 Å². The summed E-state index contributed by atoms with van der Waals surface area (Å²) in [6.07, 6.45) is 1.32. The maximum Gasteiger partial charge on any atom is 0.332 e. The average Bonchev–Trinajstić information content (AvgIpc) is 3.20. The third-order valence-electron chi connectivity index (χ3n) is 5.57. The standard InChI is InChI=1S/C19H21FN6O5S/c1-22-17-16(18(28)23(2)19(22)29)25(12-21-17)11-15(27)24-7-9-26(10-8-24)32(30,31)14-6-4-3-5-13(14)20/h3-6,12H,7-11H2,1-2H3. The Kier molecular flexibility index (Phi) is 5.46. The molecule has 1 aliphatic rings. The number of fused-ring (bicyclic) bond motifs is 1. The Morgan fingerprint density at radius 2 is 1.72 bits per heavy atom. The molecule has 0 N–H and O–H groups in total. The number of piperazine rings is 1. The molecule has 170 valence electrons. The monoisotopic (exact) mass is 464 g/mol. The van der Waals surface area contributed by atoms with Gasteiger partial charge in [0, 0.05) is 40.3 Å². The fourth-order valence-corrected chi connectivity index (χ4v) is 5.22. The smallest absolute Gasteiger partial charge is 0.332 e. The highest BCUT2D eigenvalue weighted by atomic mass is 32.2. The van der Waals surface area contributed by atoms with Gasteiger partial charge in [0.2, 0.25) is 15.9 Å². The Hall–Kier alpha value is -3.32. The van der Waals surface area contributed by atoms with E-state index in [0.29, 0.717) is 0 Å². The van der Waals surface area contributed by atoms with Crippen LogP contribution in [0.2, 0.25) is 0 Å². The first-order valence-electron chi connectivity index (χ1n) is 9.76. The van der Waals surface area contributed by atoms with E-state index in [-0.39, 0.29) is 49.8 Å². The third kappa shape index (κ3) is 3.52. The number of benzene rings is 1. The molecule has 13 heteroatoms. The lowest BCUT2D eigenvalue weighted by Crippen LogP contribution is -2.51. The van der Waals surface area contributed by atoms with Gasteiger partial charge in [0.1, 0.15) is 17.3 Å². The van der Waals surface area contributed by atoms with Crippen molar-refractivity contribution in [3.8, 4) is 0 Å². The zero-order chi connectivity index (χ0) is 23.2. The normalized spacial score (nSPS) is 15.4. The van der Waals surface area contributed by atoms with E-state index in [2.05, 4.69) is 4.98 Å². The predicted octanol–water partition coefficient (Wildman–Crippen LogP) is -0.894. The number of amides is 1. The Bertz CT molecular complexity index is 1430. The highest BCUT2D eigenvalue weighted by Gasteiger charge is 2.32. The number of sulfonamides is 1. The number of hydrogen-bond donors (Lipinski definition) is 0. The largest absolute Gasteiger partial charge is 0.339 e. The van der Waals surface area contributed by atoms with E-state index >= 15 is 0 Å². The van der Waals surface area contributed by atoms with E-state index < -0.39 is 32.0 Å². The lowest BCUT2D eigenvalue weighted by atomic mass is 10.3. The highest BCUT2D eigenvalue weighted by molar-refractivity contribution is 7.89. The number of nitrogens with zero attached hydrogens (tertiary/aromatic N) is 6. The minimum Gasteiger partial charge on any atom is -0.339 e. The van der Waals surface area contributed by atoms with Crippen molar-refractivity contribution in [1.82, 2.24) is 27.9 Å². The minimum atomic E-state index is -4.01. The fourth-order valence-electron chi connectivity index (χ4n) is 3.73. The molecule has 0 aliphatic carbocycles. The third-order valence-corrected chi connectivity index (χ3v) is 7.50. The molecule has 1 aliphatic heterocycles. The quantitative estimate of drug-likeness (QED) is 0.494. The van der Waals surface area contributed by atoms with E-state index in [4.69, 9.17) is 0 Å². The van der Waals surface area contributed by atoms with Gasteiger partial charge in [-0.25, -0.2) is 22.6 Å². The van der Waals surface area contributed by atoms with E-state index in [1.807, 2.05) is 0 Å². The summed E-state index contributed by atoms with van der Waals surface area (Å²) >= 11 is 0. The molecule has 0 atom stereocenters. The van der Waals surface area contributed by atoms with Crippen LogP contribution in [-0.2, 0) is 35.5 Å². The van der Waals surface area contributed by atoms with Gasteiger partial charge >= 0.3 is 5.69 Å². The molecular formula is C19H21FN6O5S. The molecule has 3 aromatic rings. The Morgan fingerprint density at radius 3 is 2.38 bits per heavy atom. The van der Waals surface area contributed by atoms with Crippen LogP contribution in [0.5, 0.6) is 0 Å². The molecule has 0 saturated carbocycles. The molecule has 3 heterocycles. The second-order valence-corrected chi connectivity index (χ2v) is 9.37. The number of halogens is 1. The summed E-state index contributed by atoms with van der Waals surface area (Å²) in [5.74, 6) is -1.16. The summed E-state index contributed by atoms with van der Waals surface area (Å²) in [6.45, 7) is 0.0853. The van der Waals surface area contributed by atoms with Crippen molar-refractivity contribution >= 4 is 27.1 Å². The molecule has 4 rings (SSSR count). The number of rotatable bonds is 4. The van der Waals surface area contributed by atoms with E-state index in [1.54, 1.807) is 0 Å². The minimum absolute atomic E-state index is 0.0172. The molecule has 0 radical (unpaired) electrons. The van der Waals surface area contributed by atoms with Crippen molar-refractivity contribution in [3.05, 3.63) is 57.2 Å². The Balaban J connectivity index is 1.50. The van der Waals surface area contributed by atoms with Crippen molar-refractivity contribution in [2.24, 2.45) is 14.1 Å². The van der Waals surface area contributed by atoms with Crippen LogP contribution in [0.15, 0.2) is 45.1 Å². The van der Waals surface area contributed by atoms with Crippen LogP contribution in [0.4, 0.5) is 4.39 Å². The highest BCUT2D eigenvalue weighted by Crippen LogP contribution is 2.20. The van der Waals surface area contributed by atoms with Crippen LogP contribution < -0.4 is 11.2 Å². The molecule has 0 bridgehead atoms. The number of carbonyl (C=O) groups excluding carboxylic acids is 1. The fraction of sp³-hybridized carbons (Fsp3) is 0.368. The average molecular weight is 464 g/mol. The summed E-state index contributed by atoms with van der Waals surface area (Å²) in [7, 11) is -1.18. The van der Waals surface area contributed by atoms with Crippen molar-refractivity contribution in [2.45, 2.75) is 11.4 Å². The molecule has 1 amide bonds. The second kappa shape index (κ2) is 7.98. The Morgan fingerprint density at radius 1 is 1.06 bits per heavy atom. The Labute approximate surface area is 182 Å². The summed E-state index contributed by atoms with van der Waals surface area (Å²) in [6, 6.07) is 5.16. The van der Waals surface area contributed by atoms with Crippen LogP contribution in [0.25, 0.3) is 11.2 Å². The van der Waals surface area contributed by atoms with Crippen LogP contribution in [0, 0.1) is 5.82 Å². The molecule has 0 unspecified atom stereocenters. The van der Waals surface area contributed by atoms with Gasteiger partial charge in [-0.1, -0.05) is 12.1 Å². The van der Waals surface area contributed by atoms with Crippen molar-refractivity contribution < 1.29 is 17.6 Å². The van der Waals surface area contributed by atoms with Crippen LogP contribution in [0.3, 0.4) is 0 Å². The number of carbonyl (C=O) groups is 1. The van der Waals surface area contributed by atoms with Gasteiger partial charge in [0.15, 0.2) is 11.2 Å². The van der Waals surface area contributed by atoms with Gasteiger partial charge in [0.25, 0.3) is 5.56 Å². The maximum atomic E-state index is 14.0. The molecule has 32 heavy (non-hydrogen) atoms. The zero-order valence-electron chi connectivity index (χ0n) is 17.4. The van der Waals surface area contributed by atoms with E-state index in [0.717, 1.165) is 14.9 Å². The van der Waals surface area contributed by atoms with Gasteiger partial charge in [-0.15, -0.1) is 0 Å². The van der Waals surface area contributed by atoms with Crippen LogP contribution in [0.1, 0.15) is 0 Å². The van der Waals surface area contributed by atoms with Gasteiger partial charge in [-0.2, -0.15) is 4.31 Å². The predicted molar refractivity (Wildman–Crippen MR) is 112 cm³/mol. The van der Waals surface area contributed by atoms with Crippen molar-refractivity contribution in [1.29, 1.82) is 0 Å². The molecule has 1 fully saturated rings. The summed E-state index contributed by atoms with van der Waals surface area (Å²) in [5.41, 5.74) is -0.782. The SMILES string of the molecule is Cn1c(=O)c2c(ncn2CC(=O)N2CCN(S(=O)(=O)c3ccccc3F)CC2)n(C)c1=O. The van der Waals surface area contributed by atoms with Gasteiger partial charge in [0.05, 0.1) is 6.33 Å². The molecule has 11 nitrogen and oxygen atoms in total. The van der Waals surface area contributed by atoms with E-state index in [1.165, 1.54) is 52.7 Å². The lowest BCUT2D eigenvalue weighted by Gasteiger charge is -2.34. The summed E-state index contributed by atoms with van der Waals surface area (Å²) in [5, 5.41) is 0. The van der Waals surface area contributed by atoms with Crippen molar-refractivity contribution in [2.75, 3.05) is 26.2 Å². The van der Waals surface area contributed by atoms with E-state index in [9.17, 15) is 27.2 Å². The first-order valence-corrected chi connectivity index (χ1v) is 11.2. The molecule has 1 saturated heterocycles. The molecular weight excluding hydrogens is 443 g/mol. The summed E-state index contributed by atoms with van der Waals surface area (Å²) < 4.78 is 44.1. The first-order chi connectivity index (χ1) is 15.1. The first kappa shape index (κ1) is 21.9. The van der Waals surface area contributed by atoms with Gasteiger partial charge < -0.3 is 9.47 Å². The number of imidazole rings is 1. The number of aromatic nitrogens is 4. The second-order valence-electron chi connectivity index (χ2n) is 7.47. The molecule has 0 spiro atoms. The van der Waals surface area contributed by atoms with Gasteiger partial charge in [-0.05, 0) is 12.1 Å². The molecule has 2 aromatic heterocycles. The van der Waals surface area contributed by atoms with Crippen LogP contribution in [-0.4, -0.2) is 68.4 Å². The molecule has 1 aromatic carbocycles. The maximum absolute atomic E-state index is 14.0. The number of hydrogen-bond acceptors (Lipinski definition) is 6. The number of aryl methyl sites for hydroxylation is 1.